The van der Waals surface area contributed by atoms with Crippen LogP contribution in [0.15, 0.2) is 24.3 Å². The van der Waals surface area contributed by atoms with Crippen LogP contribution in [0, 0.1) is 5.82 Å². The Balaban J connectivity index is 1.81. The molecule has 0 aromatic heterocycles. The first kappa shape index (κ1) is 16.0. The van der Waals surface area contributed by atoms with Crippen LogP contribution in [0.5, 0.6) is 0 Å². The molecule has 0 saturated carbocycles. The summed E-state index contributed by atoms with van der Waals surface area (Å²) in [5.41, 5.74) is 1.07. The maximum atomic E-state index is 12.9. The Kier molecular flexibility index (Phi) is 5.74. The molecule has 0 unspecified atom stereocenters. The van der Waals surface area contributed by atoms with Gasteiger partial charge in [-0.15, -0.1) is 0 Å². The molecule has 4 heteroatoms. The molecule has 21 heavy (non-hydrogen) atoms. The summed E-state index contributed by atoms with van der Waals surface area (Å²) in [5.74, 6) is 0.0433. The van der Waals surface area contributed by atoms with Gasteiger partial charge in [0.2, 0.25) is 5.91 Å². The number of nitrogens with zero attached hydrogens (tertiary/aromatic N) is 2. The minimum Gasteiger partial charge on any atom is -0.343 e. The summed E-state index contributed by atoms with van der Waals surface area (Å²) < 4.78 is 12.9. The average molecular weight is 292 g/mol. The van der Waals surface area contributed by atoms with Crippen molar-refractivity contribution >= 4 is 5.91 Å². The van der Waals surface area contributed by atoms with E-state index in [-0.39, 0.29) is 17.8 Å². The molecule has 0 spiro atoms. The van der Waals surface area contributed by atoms with Gasteiger partial charge in [-0.2, -0.15) is 0 Å². The van der Waals surface area contributed by atoms with Crippen molar-refractivity contribution in [2.24, 2.45) is 0 Å². The summed E-state index contributed by atoms with van der Waals surface area (Å²) in [6.45, 7) is 4.64. The molecule has 0 bridgehead atoms. The van der Waals surface area contributed by atoms with Crippen LogP contribution in [-0.4, -0.2) is 42.4 Å². The molecule has 1 aliphatic heterocycles. The van der Waals surface area contributed by atoms with Crippen LogP contribution in [0.3, 0.4) is 0 Å². The molecule has 0 radical (unpaired) electrons. The highest BCUT2D eigenvalue weighted by atomic mass is 19.1. The van der Waals surface area contributed by atoms with Crippen LogP contribution >= 0.6 is 0 Å². The van der Waals surface area contributed by atoms with Crippen LogP contribution in [0.4, 0.5) is 4.39 Å². The van der Waals surface area contributed by atoms with Crippen molar-refractivity contribution in [3.63, 3.8) is 0 Å². The van der Waals surface area contributed by atoms with Crippen molar-refractivity contribution in [3.8, 4) is 0 Å². The molecule has 116 valence electrons. The monoisotopic (exact) mass is 292 g/mol. The van der Waals surface area contributed by atoms with Crippen molar-refractivity contribution in [2.45, 2.75) is 38.6 Å². The van der Waals surface area contributed by atoms with E-state index in [2.05, 4.69) is 11.8 Å². The summed E-state index contributed by atoms with van der Waals surface area (Å²) in [7, 11) is 2.01. The third-order valence-electron chi connectivity index (χ3n) is 4.40. The maximum absolute atomic E-state index is 12.9. The van der Waals surface area contributed by atoms with Gasteiger partial charge < -0.3 is 4.90 Å². The molecule has 1 saturated heterocycles. The fourth-order valence-corrected chi connectivity index (χ4v) is 2.76. The van der Waals surface area contributed by atoms with E-state index in [1.165, 1.54) is 18.6 Å². The number of likely N-dealkylation sites (tertiary alicyclic amines) is 1. The van der Waals surface area contributed by atoms with Crippen LogP contribution in [-0.2, 0) is 4.79 Å². The first-order chi connectivity index (χ1) is 10.1. The zero-order chi connectivity index (χ0) is 15.2. The number of amides is 1. The van der Waals surface area contributed by atoms with Gasteiger partial charge in [0.25, 0.3) is 0 Å². The molecule has 2 rings (SSSR count). The van der Waals surface area contributed by atoms with Gasteiger partial charge in [0, 0.05) is 32.1 Å². The average Bonchev–Trinajstić information content (AvgIpc) is 2.53. The summed E-state index contributed by atoms with van der Waals surface area (Å²) >= 11 is 0. The van der Waals surface area contributed by atoms with E-state index in [0.29, 0.717) is 6.42 Å². The number of piperidine rings is 1. The summed E-state index contributed by atoms with van der Waals surface area (Å²) in [6, 6.07) is 6.77. The van der Waals surface area contributed by atoms with Crippen molar-refractivity contribution in [2.75, 3.05) is 26.7 Å². The number of rotatable bonds is 5. The Morgan fingerprint density at radius 2 is 1.86 bits per heavy atom. The molecule has 0 aliphatic carbocycles. The Morgan fingerprint density at radius 3 is 2.48 bits per heavy atom. The Bertz CT molecular complexity index is 454. The first-order valence-corrected chi connectivity index (χ1v) is 7.81. The van der Waals surface area contributed by atoms with Gasteiger partial charge in [-0.3, -0.25) is 9.69 Å². The Morgan fingerprint density at radius 1 is 1.24 bits per heavy atom. The number of hydrogen-bond donors (Lipinski definition) is 0. The smallest absolute Gasteiger partial charge is 0.223 e. The summed E-state index contributed by atoms with van der Waals surface area (Å²) in [5, 5.41) is 0. The molecule has 3 nitrogen and oxygen atoms in total. The molecule has 1 aliphatic rings. The largest absolute Gasteiger partial charge is 0.343 e. The van der Waals surface area contributed by atoms with E-state index in [1.54, 1.807) is 0 Å². The zero-order valence-electron chi connectivity index (χ0n) is 13.0. The van der Waals surface area contributed by atoms with Gasteiger partial charge in [0.15, 0.2) is 0 Å². The van der Waals surface area contributed by atoms with E-state index in [0.717, 1.165) is 38.0 Å². The number of benzene rings is 1. The van der Waals surface area contributed by atoms with Crippen molar-refractivity contribution in [3.05, 3.63) is 35.6 Å². The van der Waals surface area contributed by atoms with E-state index in [9.17, 15) is 9.18 Å². The van der Waals surface area contributed by atoms with E-state index < -0.39 is 0 Å². The third-order valence-corrected chi connectivity index (χ3v) is 4.40. The number of carbonyl (C=O) groups is 1. The highest BCUT2D eigenvalue weighted by Gasteiger charge is 2.18. The lowest BCUT2D eigenvalue weighted by atomic mass is 10.1. The molecule has 1 aromatic rings. The van der Waals surface area contributed by atoms with Crippen molar-refractivity contribution < 1.29 is 9.18 Å². The van der Waals surface area contributed by atoms with E-state index in [1.807, 2.05) is 24.1 Å². The quantitative estimate of drug-likeness (QED) is 0.832. The highest BCUT2D eigenvalue weighted by molar-refractivity contribution is 5.76. The standard InChI is InChI=1S/C17H25FN2O/c1-14(15-6-8-16(18)9-7-15)19(2)13-10-17(21)20-11-4-3-5-12-20/h6-9,14H,3-5,10-13H2,1-2H3/t14-/m0/s1. The fraction of sp³-hybridized carbons (Fsp3) is 0.588. The second-order valence-corrected chi connectivity index (χ2v) is 5.90. The molecular formula is C17H25FN2O. The van der Waals surface area contributed by atoms with Crippen molar-refractivity contribution in [1.82, 2.24) is 9.80 Å². The lowest BCUT2D eigenvalue weighted by Crippen LogP contribution is -2.37. The number of halogens is 1. The van der Waals surface area contributed by atoms with Gasteiger partial charge >= 0.3 is 0 Å². The van der Waals surface area contributed by atoms with Gasteiger partial charge in [0.05, 0.1) is 0 Å². The van der Waals surface area contributed by atoms with Crippen molar-refractivity contribution in [1.29, 1.82) is 0 Å². The molecular weight excluding hydrogens is 267 g/mol. The van der Waals surface area contributed by atoms with Gasteiger partial charge in [0.1, 0.15) is 5.82 Å². The highest BCUT2D eigenvalue weighted by Crippen LogP contribution is 2.19. The lowest BCUT2D eigenvalue weighted by Gasteiger charge is -2.29. The molecule has 1 fully saturated rings. The van der Waals surface area contributed by atoms with Crippen LogP contribution < -0.4 is 0 Å². The summed E-state index contributed by atoms with van der Waals surface area (Å²) in [6.07, 6.45) is 4.06. The third kappa shape index (κ3) is 4.53. The second kappa shape index (κ2) is 7.55. The molecule has 0 N–H and O–H groups in total. The van der Waals surface area contributed by atoms with Crippen LogP contribution in [0.1, 0.15) is 44.2 Å². The van der Waals surface area contributed by atoms with Gasteiger partial charge in [-0.1, -0.05) is 12.1 Å². The van der Waals surface area contributed by atoms with Crippen LogP contribution in [0.25, 0.3) is 0 Å². The van der Waals surface area contributed by atoms with Gasteiger partial charge in [-0.05, 0) is 50.9 Å². The number of carbonyl (C=O) groups excluding carboxylic acids is 1. The Hall–Kier alpha value is -1.42. The first-order valence-electron chi connectivity index (χ1n) is 7.81. The lowest BCUT2D eigenvalue weighted by molar-refractivity contribution is -0.132. The predicted octanol–water partition coefficient (Wildman–Crippen LogP) is 3.22. The van der Waals surface area contributed by atoms with Gasteiger partial charge in [-0.25, -0.2) is 4.39 Å². The molecule has 1 amide bonds. The normalized spacial score (nSPS) is 17.0. The predicted molar refractivity (Wildman–Crippen MR) is 82.5 cm³/mol. The van der Waals surface area contributed by atoms with Crippen LogP contribution in [0.2, 0.25) is 0 Å². The topological polar surface area (TPSA) is 23.6 Å². The molecule has 1 aromatic carbocycles. The minimum absolute atomic E-state index is 0.180. The number of hydrogen-bond acceptors (Lipinski definition) is 2. The maximum Gasteiger partial charge on any atom is 0.223 e. The zero-order valence-corrected chi connectivity index (χ0v) is 13.0. The molecule has 1 atom stereocenters. The SMILES string of the molecule is C[C@@H](c1ccc(F)cc1)N(C)CCC(=O)N1CCCCC1. The second-order valence-electron chi connectivity index (χ2n) is 5.90. The minimum atomic E-state index is -0.214. The molecule has 1 heterocycles. The van der Waals surface area contributed by atoms with E-state index >= 15 is 0 Å². The summed E-state index contributed by atoms with van der Waals surface area (Å²) in [4.78, 5) is 16.3. The van der Waals surface area contributed by atoms with E-state index in [4.69, 9.17) is 0 Å². The Labute approximate surface area is 126 Å². The fourth-order valence-electron chi connectivity index (χ4n) is 2.76.